The van der Waals surface area contributed by atoms with Gasteiger partial charge in [-0.25, -0.2) is 9.07 Å². The van der Waals surface area contributed by atoms with Gasteiger partial charge >= 0.3 is 0 Å². The number of rotatable bonds is 3. The molecule has 1 aliphatic rings. The summed E-state index contributed by atoms with van der Waals surface area (Å²) in [6, 6.07) is 6.09. The predicted molar refractivity (Wildman–Crippen MR) is 90.9 cm³/mol. The number of anilines is 1. The Morgan fingerprint density at radius 1 is 1.20 bits per heavy atom. The lowest BCUT2D eigenvalue weighted by Crippen LogP contribution is -2.46. The van der Waals surface area contributed by atoms with E-state index >= 15 is 0 Å². The Morgan fingerprint density at radius 3 is 2.76 bits per heavy atom. The first-order valence-electron chi connectivity index (χ1n) is 8.14. The highest BCUT2D eigenvalue weighted by Crippen LogP contribution is 2.21. The van der Waals surface area contributed by atoms with Crippen molar-refractivity contribution in [2.45, 2.75) is 6.54 Å². The van der Waals surface area contributed by atoms with Crippen molar-refractivity contribution in [2.24, 2.45) is 7.05 Å². The molecule has 0 saturated carbocycles. The highest BCUT2D eigenvalue weighted by molar-refractivity contribution is 5.79. The molecule has 4 rings (SSSR count). The molecule has 0 unspecified atom stereocenters. The third kappa shape index (κ3) is 3.12. The van der Waals surface area contributed by atoms with Gasteiger partial charge in [0.2, 0.25) is 0 Å². The zero-order valence-electron chi connectivity index (χ0n) is 13.9. The van der Waals surface area contributed by atoms with Gasteiger partial charge in [0.05, 0.1) is 11.9 Å². The summed E-state index contributed by atoms with van der Waals surface area (Å²) in [5.41, 5.74) is 2.03. The first kappa shape index (κ1) is 15.8. The Bertz CT molecular complexity index is 959. The van der Waals surface area contributed by atoms with Gasteiger partial charge in [0, 0.05) is 57.3 Å². The molecule has 1 fully saturated rings. The molecule has 7 nitrogen and oxygen atoms in total. The summed E-state index contributed by atoms with van der Waals surface area (Å²) in [7, 11) is 1.64. The second kappa shape index (κ2) is 6.29. The Labute approximate surface area is 143 Å². The molecule has 1 aromatic carbocycles. The van der Waals surface area contributed by atoms with E-state index in [9.17, 15) is 9.18 Å². The Hall–Kier alpha value is -2.74. The molecule has 0 atom stereocenters. The van der Waals surface area contributed by atoms with Crippen LogP contribution in [0.5, 0.6) is 0 Å². The van der Waals surface area contributed by atoms with Gasteiger partial charge in [-0.2, -0.15) is 5.10 Å². The van der Waals surface area contributed by atoms with Crippen molar-refractivity contribution in [3.05, 3.63) is 52.3 Å². The zero-order valence-corrected chi connectivity index (χ0v) is 13.9. The molecule has 0 amide bonds. The lowest BCUT2D eigenvalue weighted by Gasteiger charge is -2.35. The van der Waals surface area contributed by atoms with Crippen molar-refractivity contribution >= 4 is 16.7 Å². The second-order valence-electron chi connectivity index (χ2n) is 6.21. The highest BCUT2D eigenvalue weighted by atomic mass is 19.1. The second-order valence-corrected chi connectivity index (χ2v) is 6.21. The summed E-state index contributed by atoms with van der Waals surface area (Å²) < 4.78 is 19.8. The van der Waals surface area contributed by atoms with E-state index in [1.54, 1.807) is 25.4 Å². The number of aromatic nitrogens is 3. The maximum Gasteiger partial charge on any atom is 0.268 e. The molecular weight excluding hydrogens is 325 g/mol. The van der Waals surface area contributed by atoms with Gasteiger partial charge in [-0.3, -0.25) is 9.69 Å². The van der Waals surface area contributed by atoms with Crippen LogP contribution in [0.2, 0.25) is 0 Å². The molecule has 0 bridgehead atoms. The van der Waals surface area contributed by atoms with Gasteiger partial charge in [0.1, 0.15) is 11.5 Å². The van der Waals surface area contributed by atoms with Gasteiger partial charge in [-0.05, 0) is 12.1 Å². The summed E-state index contributed by atoms with van der Waals surface area (Å²) in [5.74, 6) is -0.327. The first-order valence-corrected chi connectivity index (χ1v) is 8.14. The number of hydrogen-bond donors (Lipinski definition) is 0. The van der Waals surface area contributed by atoms with Crippen molar-refractivity contribution in [1.29, 1.82) is 0 Å². The molecule has 3 aromatic rings. The largest absolute Gasteiger partial charge is 0.368 e. The van der Waals surface area contributed by atoms with Gasteiger partial charge in [-0.1, -0.05) is 5.16 Å². The van der Waals surface area contributed by atoms with Crippen LogP contribution in [0.1, 0.15) is 5.69 Å². The zero-order chi connectivity index (χ0) is 17.4. The van der Waals surface area contributed by atoms with Gasteiger partial charge in [-0.15, -0.1) is 0 Å². The summed E-state index contributed by atoms with van der Waals surface area (Å²) >= 11 is 0. The quantitative estimate of drug-likeness (QED) is 0.716. The molecule has 8 heteroatoms. The minimum atomic E-state index is -0.327. The van der Waals surface area contributed by atoms with E-state index in [1.165, 1.54) is 16.8 Å². The normalized spacial score (nSPS) is 15.8. The van der Waals surface area contributed by atoms with Crippen LogP contribution < -0.4 is 10.5 Å². The van der Waals surface area contributed by atoms with Crippen LogP contribution >= 0.6 is 0 Å². The molecular formula is C17H18FN5O2. The van der Waals surface area contributed by atoms with E-state index in [1.807, 2.05) is 0 Å². The van der Waals surface area contributed by atoms with E-state index in [4.69, 9.17) is 4.52 Å². The standard InChI is InChI=1S/C17H18FN5O2/c1-21-17(24)9-13(10-19-21)23-6-4-22(5-7-23)11-15-14-3-2-12(18)8-16(14)25-20-15/h2-3,8-10H,4-7,11H2,1H3. The third-order valence-electron chi connectivity index (χ3n) is 4.57. The maximum atomic E-state index is 13.2. The highest BCUT2D eigenvalue weighted by Gasteiger charge is 2.20. The molecule has 2 aromatic heterocycles. The number of aryl methyl sites for hydroxylation is 1. The number of piperazine rings is 1. The molecule has 0 radical (unpaired) electrons. The molecule has 0 spiro atoms. The summed E-state index contributed by atoms with van der Waals surface area (Å²) in [4.78, 5) is 16.1. The van der Waals surface area contributed by atoms with Crippen LogP contribution in [0, 0.1) is 5.82 Å². The Morgan fingerprint density at radius 2 is 2.00 bits per heavy atom. The monoisotopic (exact) mass is 343 g/mol. The van der Waals surface area contributed by atoms with Crippen LogP contribution in [0.4, 0.5) is 10.1 Å². The van der Waals surface area contributed by atoms with Crippen molar-refractivity contribution in [3.63, 3.8) is 0 Å². The summed E-state index contributed by atoms with van der Waals surface area (Å²) in [6.45, 7) is 3.94. The van der Waals surface area contributed by atoms with Crippen LogP contribution in [0.3, 0.4) is 0 Å². The van der Waals surface area contributed by atoms with Gasteiger partial charge in [0.25, 0.3) is 5.56 Å². The maximum absolute atomic E-state index is 13.2. The smallest absolute Gasteiger partial charge is 0.268 e. The molecule has 1 aliphatic heterocycles. The number of hydrogen-bond acceptors (Lipinski definition) is 6. The minimum absolute atomic E-state index is 0.110. The van der Waals surface area contributed by atoms with Crippen LogP contribution in [-0.4, -0.2) is 46.0 Å². The molecule has 0 N–H and O–H groups in total. The van der Waals surface area contributed by atoms with Crippen LogP contribution in [0.15, 0.2) is 39.8 Å². The topological polar surface area (TPSA) is 67.4 Å². The number of fused-ring (bicyclic) bond motifs is 1. The fourth-order valence-electron chi connectivity index (χ4n) is 3.09. The molecule has 130 valence electrons. The lowest BCUT2D eigenvalue weighted by molar-refractivity contribution is 0.243. The minimum Gasteiger partial charge on any atom is -0.368 e. The Kier molecular flexibility index (Phi) is 3.96. The van der Waals surface area contributed by atoms with Crippen molar-refractivity contribution in [2.75, 3.05) is 31.1 Å². The molecule has 25 heavy (non-hydrogen) atoms. The van der Waals surface area contributed by atoms with Crippen molar-refractivity contribution in [1.82, 2.24) is 19.8 Å². The Balaban J connectivity index is 1.43. The number of benzene rings is 1. The van der Waals surface area contributed by atoms with Gasteiger partial charge < -0.3 is 9.42 Å². The van der Waals surface area contributed by atoms with E-state index < -0.39 is 0 Å². The molecule has 3 heterocycles. The predicted octanol–water partition coefficient (Wildman–Crippen LogP) is 1.38. The van der Waals surface area contributed by atoms with E-state index in [-0.39, 0.29) is 11.4 Å². The molecule has 0 aliphatic carbocycles. The lowest BCUT2D eigenvalue weighted by atomic mass is 10.2. The first-order chi connectivity index (χ1) is 12.1. The number of nitrogens with zero attached hydrogens (tertiary/aromatic N) is 5. The van der Waals surface area contributed by atoms with Crippen LogP contribution in [-0.2, 0) is 13.6 Å². The SMILES string of the molecule is Cn1ncc(N2CCN(Cc3noc4cc(F)ccc34)CC2)cc1=O. The fourth-order valence-corrected chi connectivity index (χ4v) is 3.09. The average molecular weight is 343 g/mol. The van der Waals surface area contributed by atoms with E-state index in [2.05, 4.69) is 20.1 Å². The van der Waals surface area contributed by atoms with Crippen LogP contribution in [0.25, 0.3) is 11.0 Å². The summed E-state index contributed by atoms with van der Waals surface area (Å²) in [5, 5.41) is 9.00. The summed E-state index contributed by atoms with van der Waals surface area (Å²) in [6.07, 6.45) is 1.72. The average Bonchev–Trinajstić information content (AvgIpc) is 3.00. The van der Waals surface area contributed by atoms with E-state index in [0.29, 0.717) is 12.1 Å². The van der Waals surface area contributed by atoms with Crippen molar-refractivity contribution in [3.8, 4) is 0 Å². The third-order valence-corrected chi connectivity index (χ3v) is 4.57. The van der Waals surface area contributed by atoms with E-state index in [0.717, 1.165) is 42.9 Å². The van der Waals surface area contributed by atoms with Gasteiger partial charge in [0.15, 0.2) is 5.58 Å². The van der Waals surface area contributed by atoms with Crippen molar-refractivity contribution < 1.29 is 8.91 Å². The number of halogens is 1. The molecule has 1 saturated heterocycles. The fraction of sp³-hybridized carbons (Fsp3) is 0.353.